The fourth-order valence-electron chi connectivity index (χ4n) is 4.31. The fraction of sp³-hybridized carbons (Fsp3) is 0.227. The summed E-state index contributed by atoms with van der Waals surface area (Å²) in [6.45, 7) is 1.68. The molecule has 1 aliphatic carbocycles. The lowest BCUT2D eigenvalue weighted by molar-refractivity contribution is -0.172. The van der Waals surface area contributed by atoms with Crippen LogP contribution in [0.4, 0.5) is 0 Å². The summed E-state index contributed by atoms with van der Waals surface area (Å²) in [6.07, 6.45) is 0.717. The number of esters is 1. The predicted molar refractivity (Wildman–Crippen MR) is 99.5 cm³/mol. The molecule has 0 saturated carbocycles. The Morgan fingerprint density at radius 2 is 1.85 bits per heavy atom. The first kappa shape index (κ1) is 16.1. The number of fused-ring (bicyclic) bond motifs is 5. The molecule has 1 heterocycles. The Morgan fingerprint density at radius 1 is 1.04 bits per heavy atom. The summed E-state index contributed by atoms with van der Waals surface area (Å²) in [5.74, 6) is -0.381. The predicted octanol–water partition coefficient (Wildman–Crippen LogP) is 3.48. The standard InChI is InChI=1S/C22H18O5/c1-2-22(26)19-9-16-15-7-11-3-4-14(23)6-12(11)5-13(15)8-17(16)20(24)18(19)10-27-21(22)25/h3-7,9,23-24,26H,2,8,10H2,1H3. The zero-order valence-corrected chi connectivity index (χ0v) is 14.7. The molecule has 1 unspecified atom stereocenters. The van der Waals surface area contributed by atoms with Crippen LogP contribution in [0.5, 0.6) is 11.5 Å². The molecule has 0 aromatic heterocycles. The molecule has 2 aliphatic rings. The molecule has 5 nitrogen and oxygen atoms in total. The average molecular weight is 362 g/mol. The molecule has 0 fully saturated rings. The van der Waals surface area contributed by atoms with Crippen molar-refractivity contribution in [2.45, 2.75) is 32.0 Å². The Balaban J connectivity index is 1.78. The summed E-state index contributed by atoms with van der Waals surface area (Å²) in [4.78, 5) is 12.2. The molecule has 5 rings (SSSR count). The molecular weight excluding hydrogens is 344 g/mol. The highest BCUT2D eigenvalue weighted by Gasteiger charge is 2.45. The lowest BCUT2D eigenvalue weighted by Gasteiger charge is -2.32. The minimum absolute atomic E-state index is 0.0399. The number of carbonyl (C=O) groups excluding carboxylic acids is 1. The molecule has 5 heteroatoms. The Labute approximate surface area is 155 Å². The average Bonchev–Trinajstić information content (AvgIpc) is 3.01. The van der Waals surface area contributed by atoms with E-state index in [0.717, 1.165) is 33.0 Å². The quantitative estimate of drug-likeness (QED) is 0.451. The number of cyclic esters (lactones) is 1. The van der Waals surface area contributed by atoms with Gasteiger partial charge in [-0.3, -0.25) is 0 Å². The van der Waals surface area contributed by atoms with E-state index >= 15 is 0 Å². The van der Waals surface area contributed by atoms with Gasteiger partial charge in [-0.2, -0.15) is 0 Å². The molecule has 0 saturated heterocycles. The second kappa shape index (κ2) is 5.24. The van der Waals surface area contributed by atoms with Crippen LogP contribution in [0.3, 0.4) is 0 Å². The third kappa shape index (κ3) is 2.06. The number of hydrogen-bond acceptors (Lipinski definition) is 5. The van der Waals surface area contributed by atoms with Gasteiger partial charge in [0.1, 0.15) is 18.1 Å². The number of aromatic hydroxyl groups is 2. The molecule has 0 bridgehead atoms. The number of phenols is 2. The Morgan fingerprint density at radius 3 is 2.63 bits per heavy atom. The van der Waals surface area contributed by atoms with Crippen molar-refractivity contribution >= 4 is 16.7 Å². The molecule has 3 aromatic carbocycles. The highest BCUT2D eigenvalue weighted by molar-refractivity contribution is 5.94. The van der Waals surface area contributed by atoms with Gasteiger partial charge in [-0.05, 0) is 58.1 Å². The van der Waals surface area contributed by atoms with Crippen LogP contribution in [0.1, 0.15) is 35.6 Å². The molecule has 0 spiro atoms. The van der Waals surface area contributed by atoms with E-state index < -0.39 is 11.6 Å². The van der Waals surface area contributed by atoms with Crippen molar-refractivity contribution in [3.63, 3.8) is 0 Å². The van der Waals surface area contributed by atoms with Crippen molar-refractivity contribution in [3.05, 3.63) is 58.7 Å². The zero-order valence-electron chi connectivity index (χ0n) is 14.7. The van der Waals surface area contributed by atoms with Crippen molar-refractivity contribution in [2.75, 3.05) is 0 Å². The summed E-state index contributed by atoms with van der Waals surface area (Å²) >= 11 is 0. The van der Waals surface area contributed by atoms with Crippen LogP contribution < -0.4 is 0 Å². The van der Waals surface area contributed by atoms with Gasteiger partial charge in [0.05, 0.1) is 0 Å². The molecule has 1 atom stereocenters. The van der Waals surface area contributed by atoms with Gasteiger partial charge >= 0.3 is 5.97 Å². The minimum atomic E-state index is -1.74. The minimum Gasteiger partial charge on any atom is -0.508 e. The molecule has 0 amide bonds. The first-order valence-electron chi connectivity index (χ1n) is 8.96. The molecular formula is C22H18O5. The van der Waals surface area contributed by atoms with Crippen LogP contribution >= 0.6 is 0 Å². The highest BCUT2D eigenvalue weighted by atomic mass is 16.6. The molecule has 27 heavy (non-hydrogen) atoms. The van der Waals surface area contributed by atoms with Crippen molar-refractivity contribution < 1.29 is 24.9 Å². The monoisotopic (exact) mass is 362 g/mol. The van der Waals surface area contributed by atoms with Gasteiger partial charge in [-0.1, -0.05) is 19.1 Å². The number of ether oxygens (including phenoxy) is 1. The normalized spacial score (nSPS) is 20.1. The molecule has 1 aliphatic heterocycles. The summed E-state index contributed by atoms with van der Waals surface area (Å²) in [5, 5.41) is 33.4. The fourth-order valence-corrected chi connectivity index (χ4v) is 4.31. The van der Waals surface area contributed by atoms with E-state index in [0.29, 0.717) is 17.5 Å². The van der Waals surface area contributed by atoms with Gasteiger partial charge in [0, 0.05) is 23.1 Å². The maximum atomic E-state index is 12.2. The van der Waals surface area contributed by atoms with Crippen LogP contribution in [0.25, 0.3) is 21.9 Å². The Kier molecular flexibility index (Phi) is 3.13. The smallest absolute Gasteiger partial charge is 0.343 e. The van der Waals surface area contributed by atoms with Gasteiger partial charge in [-0.15, -0.1) is 0 Å². The van der Waals surface area contributed by atoms with E-state index in [9.17, 15) is 20.1 Å². The van der Waals surface area contributed by atoms with E-state index in [1.165, 1.54) is 0 Å². The number of benzene rings is 3. The number of hydrogen-bond donors (Lipinski definition) is 3. The van der Waals surface area contributed by atoms with Crippen LogP contribution in [-0.2, 0) is 28.2 Å². The first-order valence-corrected chi connectivity index (χ1v) is 8.96. The van der Waals surface area contributed by atoms with Crippen LogP contribution in [0.2, 0.25) is 0 Å². The number of phenolic OH excluding ortho intramolecular Hbond substituents is 2. The van der Waals surface area contributed by atoms with Crippen LogP contribution in [-0.4, -0.2) is 21.3 Å². The van der Waals surface area contributed by atoms with Crippen LogP contribution in [0.15, 0.2) is 36.4 Å². The van der Waals surface area contributed by atoms with Crippen molar-refractivity contribution in [1.82, 2.24) is 0 Å². The summed E-state index contributed by atoms with van der Waals surface area (Å²) in [5.41, 5.74) is 2.78. The maximum Gasteiger partial charge on any atom is 0.343 e. The Hall–Kier alpha value is -3.05. The van der Waals surface area contributed by atoms with E-state index in [1.807, 2.05) is 24.3 Å². The second-order valence-electron chi connectivity index (χ2n) is 7.28. The molecule has 0 radical (unpaired) electrons. The van der Waals surface area contributed by atoms with Gasteiger partial charge in [0.25, 0.3) is 0 Å². The molecule has 3 aromatic rings. The van der Waals surface area contributed by atoms with Crippen molar-refractivity contribution in [1.29, 1.82) is 0 Å². The van der Waals surface area contributed by atoms with Crippen molar-refractivity contribution in [3.8, 4) is 22.6 Å². The van der Waals surface area contributed by atoms with E-state index in [1.54, 1.807) is 19.1 Å². The summed E-state index contributed by atoms with van der Waals surface area (Å²) in [7, 11) is 0. The Bertz CT molecular complexity index is 1150. The summed E-state index contributed by atoms with van der Waals surface area (Å²) in [6, 6.07) is 11.1. The van der Waals surface area contributed by atoms with E-state index in [-0.39, 0.29) is 24.5 Å². The lowest BCUT2D eigenvalue weighted by atomic mass is 9.82. The zero-order chi connectivity index (χ0) is 18.9. The van der Waals surface area contributed by atoms with Gasteiger partial charge < -0.3 is 20.1 Å². The van der Waals surface area contributed by atoms with Crippen LogP contribution in [0, 0.1) is 0 Å². The first-order chi connectivity index (χ1) is 12.9. The number of rotatable bonds is 1. The maximum absolute atomic E-state index is 12.2. The van der Waals surface area contributed by atoms with Crippen molar-refractivity contribution in [2.24, 2.45) is 0 Å². The highest BCUT2D eigenvalue weighted by Crippen LogP contribution is 2.49. The SMILES string of the molecule is CCC1(O)C(=O)OCc2c1cc1c(c2O)Cc2cc3cc(O)ccc3cc2-1. The van der Waals surface area contributed by atoms with E-state index in [4.69, 9.17) is 4.74 Å². The number of carbonyl (C=O) groups is 1. The topological polar surface area (TPSA) is 87.0 Å². The third-order valence-corrected chi connectivity index (χ3v) is 5.86. The molecule has 3 N–H and O–H groups in total. The number of aliphatic hydroxyl groups is 1. The molecule has 136 valence electrons. The second-order valence-corrected chi connectivity index (χ2v) is 7.28. The largest absolute Gasteiger partial charge is 0.508 e. The third-order valence-electron chi connectivity index (χ3n) is 5.86. The summed E-state index contributed by atoms with van der Waals surface area (Å²) < 4.78 is 5.13. The van der Waals surface area contributed by atoms with Gasteiger partial charge in [-0.25, -0.2) is 4.79 Å². The van der Waals surface area contributed by atoms with Gasteiger partial charge in [0.15, 0.2) is 5.60 Å². The van der Waals surface area contributed by atoms with E-state index in [2.05, 4.69) is 0 Å². The lowest BCUT2D eigenvalue weighted by Crippen LogP contribution is -2.41. The van der Waals surface area contributed by atoms with Gasteiger partial charge in [0.2, 0.25) is 0 Å².